The largest absolute Gasteiger partial charge is 0.493 e. The van der Waals surface area contributed by atoms with Crippen LogP contribution in [0.4, 0.5) is 0 Å². The number of aliphatic hydroxyl groups excluding tert-OH is 2. The maximum Gasteiger partial charge on any atom is 0.161 e. The molecule has 0 aromatic heterocycles. The molecule has 1 saturated heterocycles. The van der Waals surface area contributed by atoms with Crippen LogP contribution in [0.5, 0.6) is 11.5 Å². The molecule has 1 saturated carbocycles. The van der Waals surface area contributed by atoms with Crippen LogP contribution in [-0.2, 0) is 11.2 Å². The number of likely N-dealkylation sites (tertiary alicyclic amines) is 1. The number of rotatable bonds is 12. The standard InChI is InChI=1S/C25H42N2O5.2ClH/c1-18(2)26-15-21(29)17-32-24-9-8-19(14-25(24)30-3)11-13-31-23-7-5-4-6-22(23)27-12-10-20(28)16-27;;/h8-9,14,18,20-23,26,28-29H,4-7,10-13,15-17H2,1-3H3;2*1H/t20?,21-,22+,23-;;/m0../s1. The third kappa shape index (κ3) is 9.69. The van der Waals surface area contributed by atoms with Gasteiger partial charge in [0.15, 0.2) is 11.5 Å². The average Bonchev–Trinajstić information content (AvgIpc) is 3.23. The van der Waals surface area contributed by atoms with Crippen LogP contribution < -0.4 is 14.8 Å². The highest BCUT2D eigenvalue weighted by atomic mass is 35.5. The molecule has 7 nitrogen and oxygen atoms in total. The van der Waals surface area contributed by atoms with E-state index in [0.717, 1.165) is 44.3 Å². The number of halogens is 2. The van der Waals surface area contributed by atoms with E-state index < -0.39 is 6.10 Å². The van der Waals surface area contributed by atoms with Crippen molar-refractivity contribution in [1.29, 1.82) is 0 Å². The minimum absolute atomic E-state index is 0. The normalized spacial score (nSPS) is 23.8. The Kier molecular flexibility index (Phi) is 14.7. The van der Waals surface area contributed by atoms with Gasteiger partial charge in [-0.2, -0.15) is 0 Å². The van der Waals surface area contributed by atoms with Gasteiger partial charge in [-0.1, -0.05) is 32.8 Å². The van der Waals surface area contributed by atoms with Crippen LogP contribution in [0, 0.1) is 0 Å². The number of nitrogens with one attached hydrogen (secondary N) is 1. The lowest BCUT2D eigenvalue weighted by Crippen LogP contribution is -2.46. The molecule has 1 heterocycles. The molecule has 4 atom stereocenters. The Morgan fingerprint density at radius 3 is 2.56 bits per heavy atom. The van der Waals surface area contributed by atoms with E-state index in [9.17, 15) is 10.2 Å². The van der Waals surface area contributed by atoms with Crippen molar-refractivity contribution in [2.24, 2.45) is 0 Å². The van der Waals surface area contributed by atoms with Crippen LogP contribution in [0.1, 0.15) is 51.5 Å². The molecule has 0 spiro atoms. The van der Waals surface area contributed by atoms with E-state index in [1.807, 2.05) is 32.0 Å². The van der Waals surface area contributed by atoms with E-state index in [4.69, 9.17) is 14.2 Å². The van der Waals surface area contributed by atoms with Gasteiger partial charge in [0, 0.05) is 31.7 Å². The molecule has 3 rings (SSSR count). The lowest BCUT2D eigenvalue weighted by atomic mass is 9.91. The second-order valence-electron chi connectivity index (χ2n) is 9.46. The first-order valence-electron chi connectivity index (χ1n) is 12.2. The summed E-state index contributed by atoms with van der Waals surface area (Å²) in [5.74, 6) is 1.31. The van der Waals surface area contributed by atoms with Crippen molar-refractivity contribution in [3.63, 3.8) is 0 Å². The lowest BCUT2D eigenvalue weighted by molar-refractivity contribution is -0.0316. The van der Waals surface area contributed by atoms with Gasteiger partial charge in [0.25, 0.3) is 0 Å². The lowest BCUT2D eigenvalue weighted by Gasteiger charge is -2.37. The fourth-order valence-corrected chi connectivity index (χ4v) is 4.69. The van der Waals surface area contributed by atoms with Gasteiger partial charge in [-0.15, -0.1) is 24.8 Å². The quantitative estimate of drug-likeness (QED) is 0.388. The molecule has 1 aliphatic carbocycles. The van der Waals surface area contributed by atoms with Gasteiger partial charge >= 0.3 is 0 Å². The molecule has 0 bridgehead atoms. The van der Waals surface area contributed by atoms with Crippen LogP contribution in [0.25, 0.3) is 0 Å². The Hall–Kier alpha value is -0.800. The summed E-state index contributed by atoms with van der Waals surface area (Å²) >= 11 is 0. The highest BCUT2D eigenvalue weighted by Gasteiger charge is 2.34. The van der Waals surface area contributed by atoms with E-state index in [2.05, 4.69) is 10.2 Å². The van der Waals surface area contributed by atoms with Crippen LogP contribution >= 0.6 is 24.8 Å². The summed E-state index contributed by atoms with van der Waals surface area (Å²) < 4.78 is 17.6. The minimum atomic E-state index is -0.574. The minimum Gasteiger partial charge on any atom is -0.493 e. The molecule has 2 fully saturated rings. The van der Waals surface area contributed by atoms with Crippen molar-refractivity contribution in [3.8, 4) is 11.5 Å². The summed E-state index contributed by atoms with van der Waals surface area (Å²) in [6.45, 7) is 7.23. The van der Waals surface area contributed by atoms with Crippen LogP contribution in [0.15, 0.2) is 18.2 Å². The number of methoxy groups -OCH3 is 1. The first-order valence-corrected chi connectivity index (χ1v) is 12.2. The van der Waals surface area contributed by atoms with Gasteiger partial charge in [0.1, 0.15) is 12.7 Å². The molecule has 0 amide bonds. The fraction of sp³-hybridized carbons (Fsp3) is 0.760. The molecule has 198 valence electrons. The molecule has 3 N–H and O–H groups in total. The SMILES string of the molecule is COc1cc(CCO[C@H]2CCCC[C@H]2N2CCC(O)C2)ccc1OC[C@@H](O)CNC(C)C.Cl.Cl. The molecule has 1 aliphatic heterocycles. The third-order valence-corrected chi connectivity index (χ3v) is 6.48. The second-order valence-corrected chi connectivity index (χ2v) is 9.46. The Labute approximate surface area is 217 Å². The third-order valence-electron chi connectivity index (χ3n) is 6.48. The number of benzene rings is 1. The Balaban J connectivity index is 0.00000289. The zero-order chi connectivity index (χ0) is 22.9. The summed E-state index contributed by atoms with van der Waals surface area (Å²) in [5.41, 5.74) is 1.14. The zero-order valence-electron chi connectivity index (χ0n) is 20.8. The van der Waals surface area contributed by atoms with Gasteiger partial charge in [-0.25, -0.2) is 0 Å². The van der Waals surface area contributed by atoms with Crippen molar-refractivity contribution in [2.45, 2.75) is 82.8 Å². The van der Waals surface area contributed by atoms with E-state index in [1.165, 1.54) is 12.8 Å². The molecular formula is C25H44Cl2N2O5. The highest BCUT2D eigenvalue weighted by molar-refractivity contribution is 5.85. The predicted octanol–water partition coefficient (Wildman–Crippen LogP) is 3.21. The Morgan fingerprint density at radius 2 is 1.88 bits per heavy atom. The van der Waals surface area contributed by atoms with E-state index in [0.29, 0.717) is 36.7 Å². The Bertz CT molecular complexity index is 697. The molecule has 1 aromatic rings. The van der Waals surface area contributed by atoms with Crippen molar-refractivity contribution < 1.29 is 24.4 Å². The van der Waals surface area contributed by atoms with Crippen molar-refractivity contribution in [1.82, 2.24) is 10.2 Å². The first kappa shape index (κ1) is 31.2. The first-order chi connectivity index (χ1) is 15.5. The summed E-state index contributed by atoms with van der Waals surface area (Å²) in [6, 6.07) is 6.70. The van der Waals surface area contributed by atoms with Gasteiger partial charge in [-0.05, 0) is 43.4 Å². The van der Waals surface area contributed by atoms with Crippen molar-refractivity contribution >= 4 is 24.8 Å². The van der Waals surface area contributed by atoms with Crippen LogP contribution in [0.3, 0.4) is 0 Å². The number of hydrogen-bond donors (Lipinski definition) is 3. The van der Waals surface area contributed by atoms with Gasteiger partial charge in [-0.3, -0.25) is 4.90 Å². The highest BCUT2D eigenvalue weighted by Crippen LogP contribution is 2.30. The molecule has 0 radical (unpaired) electrons. The smallest absolute Gasteiger partial charge is 0.161 e. The van der Waals surface area contributed by atoms with E-state index in [1.54, 1.807) is 7.11 Å². The molecule has 1 aromatic carbocycles. The second kappa shape index (κ2) is 16.0. The average molecular weight is 524 g/mol. The summed E-state index contributed by atoms with van der Waals surface area (Å²) in [4.78, 5) is 2.43. The summed E-state index contributed by atoms with van der Waals surface area (Å²) in [5, 5.41) is 23.2. The molecule has 1 unspecified atom stereocenters. The van der Waals surface area contributed by atoms with Gasteiger partial charge in [0.05, 0.1) is 25.9 Å². The number of ether oxygens (including phenoxy) is 3. The number of β-amino-alcohol motifs (C(OH)–C–C–N with tert-alkyl or cyclic N) is 1. The topological polar surface area (TPSA) is 83.4 Å². The fourth-order valence-electron chi connectivity index (χ4n) is 4.69. The van der Waals surface area contributed by atoms with Crippen molar-refractivity contribution in [2.75, 3.05) is 40.0 Å². The number of hydrogen-bond acceptors (Lipinski definition) is 7. The van der Waals surface area contributed by atoms with Gasteiger partial charge < -0.3 is 29.7 Å². The van der Waals surface area contributed by atoms with Crippen molar-refractivity contribution in [3.05, 3.63) is 23.8 Å². The number of aliphatic hydroxyl groups is 2. The maximum absolute atomic E-state index is 10.1. The number of nitrogens with zero attached hydrogens (tertiary/aromatic N) is 1. The summed E-state index contributed by atoms with van der Waals surface area (Å²) in [7, 11) is 1.64. The zero-order valence-corrected chi connectivity index (χ0v) is 22.4. The molecule has 34 heavy (non-hydrogen) atoms. The Morgan fingerprint density at radius 1 is 1.12 bits per heavy atom. The predicted molar refractivity (Wildman–Crippen MR) is 140 cm³/mol. The van der Waals surface area contributed by atoms with Gasteiger partial charge in [0.2, 0.25) is 0 Å². The van der Waals surface area contributed by atoms with E-state index >= 15 is 0 Å². The monoisotopic (exact) mass is 522 g/mol. The van der Waals surface area contributed by atoms with Crippen LogP contribution in [-0.4, -0.2) is 85.5 Å². The molecule has 2 aliphatic rings. The summed E-state index contributed by atoms with van der Waals surface area (Å²) in [6.07, 6.45) is 5.91. The van der Waals surface area contributed by atoms with E-state index in [-0.39, 0.29) is 43.6 Å². The maximum atomic E-state index is 10.1. The molecular weight excluding hydrogens is 479 g/mol. The van der Waals surface area contributed by atoms with Crippen LogP contribution in [0.2, 0.25) is 0 Å². The molecule has 9 heteroatoms.